The second kappa shape index (κ2) is 4.23. The molecule has 0 radical (unpaired) electrons. The van der Waals surface area contributed by atoms with Crippen LogP contribution in [0.15, 0.2) is 17.0 Å². The van der Waals surface area contributed by atoms with Crippen molar-refractivity contribution in [3.8, 4) is 11.5 Å². The lowest BCUT2D eigenvalue weighted by Crippen LogP contribution is -2.04. The molecule has 0 saturated carbocycles. The third-order valence-corrected chi connectivity index (χ3v) is 2.09. The molecule has 1 aromatic rings. The van der Waals surface area contributed by atoms with E-state index in [1.54, 1.807) is 6.07 Å². The van der Waals surface area contributed by atoms with E-state index in [4.69, 9.17) is 14.6 Å². The van der Waals surface area contributed by atoms with Crippen molar-refractivity contribution < 1.29 is 19.4 Å². The van der Waals surface area contributed by atoms with Gasteiger partial charge in [0.05, 0.1) is 14.2 Å². The standard InChI is InChI=1S/C9H10O4S/c1-12-5-3-4-6(14)8(13-2)7(5)9(10)11/h3-4,14H,1-2H3,(H,10,11). The van der Waals surface area contributed by atoms with Crippen LogP contribution in [0.3, 0.4) is 0 Å². The van der Waals surface area contributed by atoms with E-state index >= 15 is 0 Å². The van der Waals surface area contributed by atoms with Gasteiger partial charge in [0.2, 0.25) is 0 Å². The van der Waals surface area contributed by atoms with Crippen LogP contribution in [-0.2, 0) is 0 Å². The summed E-state index contributed by atoms with van der Waals surface area (Å²) in [5.74, 6) is -0.637. The van der Waals surface area contributed by atoms with Crippen LogP contribution in [0.1, 0.15) is 10.4 Å². The van der Waals surface area contributed by atoms with E-state index in [0.29, 0.717) is 4.90 Å². The van der Waals surface area contributed by atoms with E-state index in [1.165, 1.54) is 20.3 Å². The summed E-state index contributed by atoms with van der Waals surface area (Å²) in [5, 5.41) is 8.94. The van der Waals surface area contributed by atoms with Crippen molar-refractivity contribution in [2.75, 3.05) is 14.2 Å². The van der Waals surface area contributed by atoms with Crippen molar-refractivity contribution in [1.29, 1.82) is 0 Å². The Morgan fingerprint density at radius 2 is 2.00 bits per heavy atom. The smallest absolute Gasteiger partial charge is 0.343 e. The van der Waals surface area contributed by atoms with Crippen molar-refractivity contribution in [1.82, 2.24) is 0 Å². The van der Waals surface area contributed by atoms with Crippen LogP contribution in [0.2, 0.25) is 0 Å². The van der Waals surface area contributed by atoms with Gasteiger partial charge in [0.1, 0.15) is 17.1 Å². The fourth-order valence-corrected chi connectivity index (χ4v) is 1.41. The molecule has 4 nitrogen and oxygen atoms in total. The molecule has 0 aromatic heterocycles. The van der Waals surface area contributed by atoms with Crippen LogP contribution in [-0.4, -0.2) is 25.3 Å². The molecule has 0 spiro atoms. The van der Waals surface area contributed by atoms with Gasteiger partial charge in [-0.3, -0.25) is 0 Å². The molecule has 0 unspecified atom stereocenters. The van der Waals surface area contributed by atoms with Crippen molar-refractivity contribution in [2.45, 2.75) is 4.90 Å². The lowest BCUT2D eigenvalue weighted by molar-refractivity contribution is 0.0689. The Labute approximate surface area is 86.9 Å². The zero-order valence-electron chi connectivity index (χ0n) is 7.77. The predicted octanol–water partition coefficient (Wildman–Crippen LogP) is 1.69. The molecular weight excluding hydrogens is 204 g/mol. The van der Waals surface area contributed by atoms with Crippen molar-refractivity contribution in [3.63, 3.8) is 0 Å². The molecule has 5 heteroatoms. The van der Waals surface area contributed by atoms with Gasteiger partial charge in [-0.05, 0) is 12.1 Å². The fraction of sp³-hybridized carbons (Fsp3) is 0.222. The molecule has 1 N–H and O–H groups in total. The van der Waals surface area contributed by atoms with E-state index in [1.807, 2.05) is 0 Å². The molecule has 0 atom stereocenters. The van der Waals surface area contributed by atoms with Gasteiger partial charge in [0.15, 0.2) is 0 Å². The third-order valence-electron chi connectivity index (χ3n) is 1.74. The predicted molar refractivity (Wildman–Crippen MR) is 53.8 cm³/mol. The number of methoxy groups -OCH3 is 2. The van der Waals surface area contributed by atoms with Gasteiger partial charge < -0.3 is 14.6 Å². The van der Waals surface area contributed by atoms with E-state index < -0.39 is 5.97 Å². The van der Waals surface area contributed by atoms with Gasteiger partial charge in [-0.1, -0.05) is 0 Å². The molecule has 0 heterocycles. The second-order valence-corrected chi connectivity index (χ2v) is 2.98. The van der Waals surface area contributed by atoms with Crippen molar-refractivity contribution in [3.05, 3.63) is 17.7 Å². The molecule has 1 aromatic carbocycles. The number of carbonyl (C=O) groups is 1. The summed E-state index contributed by atoms with van der Waals surface area (Å²) in [7, 11) is 2.79. The lowest BCUT2D eigenvalue weighted by atomic mass is 10.2. The Bertz CT molecular complexity index is 362. The van der Waals surface area contributed by atoms with Gasteiger partial charge in [0, 0.05) is 4.90 Å². The van der Waals surface area contributed by atoms with Gasteiger partial charge in [-0.25, -0.2) is 4.79 Å². The summed E-state index contributed by atoms with van der Waals surface area (Å²) in [6.07, 6.45) is 0. The maximum atomic E-state index is 10.9. The zero-order valence-corrected chi connectivity index (χ0v) is 8.67. The summed E-state index contributed by atoms with van der Waals surface area (Å²) in [6, 6.07) is 3.15. The molecule has 14 heavy (non-hydrogen) atoms. The van der Waals surface area contributed by atoms with E-state index in [2.05, 4.69) is 12.6 Å². The third kappa shape index (κ3) is 1.77. The lowest BCUT2D eigenvalue weighted by Gasteiger charge is -2.11. The van der Waals surface area contributed by atoms with Crippen LogP contribution in [0.5, 0.6) is 11.5 Å². The number of ether oxygens (including phenoxy) is 2. The average Bonchev–Trinajstić information content (AvgIpc) is 2.17. The molecule has 0 saturated heterocycles. The summed E-state index contributed by atoms with van der Waals surface area (Å²) >= 11 is 4.08. The SMILES string of the molecule is COc1ccc(S)c(OC)c1C(=O)O. The molecule has 0 bridgehead atoms. The largest absolute Gasteiger partial charge is 0.496 e. The Morgan fingerprint density at radius 3 is 2.43 bits per heavy atom. The normalized spacial score (nSPS) is 9.64. The van der Waals surface area contributed by atoms with Gasteiger partial charge >= 0.3 is 5.97 Å². The van der Waals surface area contributed by atoms with Crippen LogP contribution in [0.25, 0.3) is 0 Å². The average molecular weight is 214 g/mol. The zero-order chi connectivity index (χ0) is 10.7. The van der Waals surface area contributed by atoms with Crippen LogP contribution < -0.4 is 9.47 Å². The number of carboxylic acid groups (broad SMARTS) is 1. The Kier molecular flexibility index (Phi) is 3.24. The second-order valence-electron chi connectivity index (χ2n) is 2.50. The van der Waals surface area contributed by atoms with E-state index in [-0.39, 0.29) is 17.1 Å². The van der Waals surface area contributed by atoms with Gasteiger partial charge in [-0.15, -0.1) is 12.6 Å². The number of aromatic carboxylic acids is 1. The highest BCUT2D eigenvalue weighted by Gasteiger charge is 2.19. The van der Waals surface area contributed by atoms with Crippen LogP contribution in [0.4, 0.5) is 0 Å². The molecule has 0 aliphatic rings. The Balaban J connectivity index is 3.43. The highest BCUT2D eigenvalue weighted by molar-refractivity contribution is 7.80. The van der Waals surface area contributed by atoms with Crippen LogP contribution >= 0.6 is 12.6 Å². The number of hydrogen-bond donors (Lipinski definition) is 2. The Morgan fingerprint density at radius 1 is 1.36 bits per heavy atom. The van der Waals surface area contributed by atoms with Crippen molar-refractivity contribution >= 4 is 18.6 Å². The molecular formula is C9H10O4S. The summed E-state index contributed by atoms with van der Waals surface area (Å²) in [6.45, 7) is 0. The molecule has 1 rings (SSSR count). The monoisotopic (exact) mass is 214 g/mol. The molecule has 76 valence electrons. The molecule has 0 fully saturated rings. The number of benzene rings is 1. The highest BCUT2D eigenvalue weighted by atomic mass is 32.1. The first-order valence-corrected chi connectivity index (χ1v) is 4.23. The first kappa shape index (κ1) is 10.7. The number of thiol groups is 1. The molecule has 0 aliphatic heterocycles. The van der Waals surface area contributed by atoms with Gasteiger partial charge in [-0.2, -0.15) is 0 Å². The highest BCUT2D eigenvalue weighted by Crippen LogP contribution is 2.33. The first-order valence-electron chi connectivity index (χ1n) is 3.79. The maximum absolute atomic E-state index is 10.9. The fourth-order valence-electron chi connectivity index (χ4n) is 1.13. The summed E-state index contributed by atoms with van der Waals surface area (Å²) < 4.78 is 9.85. The summed E-state index contributed by atoms with van der Waals surface area (Å²) in [5.41, 5.74) is -0.0116. The first-order chi connectivity index (χ1) is 6.61. The van der Waals surface area contributed by atoms with Crippen LogP contribution in [0, 0.1) is 0 Å². The number of rotatable bonds is 3. The quantitative estimate of drug-likeness (QED) is 0.752. The Hall–Kier alpha value is -1.36. The number of carboxylic acids is 1. The minimum atomic E-state index is -1.10. The number of hydrogen-bond acceptors (Lipinski definition) is 4. The minimum Gasteiger partial charge on any atom is -0.496 e. The molecule has 0 aliphatic carbocycles. The molecule has 0 amide bonds. The topological polar surface area (TPSA) is 55.8 Å². The minimum absolute atomic E-state index is 0.0116. The van der Waals surface area contributed by atoms with Gasteiger partial charge in [0.25, 0.3) is 0 Å². The van der Waals surface area contributed by atoms with E-state index in [0.717, 1.165) is 0 Å². The maximum Gasteiger partial charge on any atom is 0.343 e. The van der Waals surface area contributed by atoms with Crippen molar-refractivity contribution in [2.24, 2.45) is 0 Å². The summed E-state index contributed by atoms with van der Waals surface area (Å²) in [4.78, 5) is 11.4. The van der Waals surface area contributed by atoms with E-state index in [9.17, 15) is 4.79 Å².